The first-order valence-electron chi connectivity index (χ1n) is 5.26. The minimum absolute atomic E-state index is 0.178. The van der Waals surface area contributed by atoms with Gasteiger partial charge in [-0.3, -0.25) is 4.55 Å². The number of benzene rings is 1. The zero-order valence-corrected chi connectivity index (χ0v) is 11.0. The highest BCUT2D eigenvalue weighted by Crippen LogP contribution is 2.25. The number of ether oxygens (including phenoxy) is 1. The van der Waals surface area contributed by atoms with Crippen molar-refractivity contribution in [1.29, 1.82) is 5.26 Å². The lowest BCUT2D eigenvalue weighted by Gasteiger charge is -2.19. The van der Waals surface area contributed by atoms with Crippen LogP contribution in [0.1, 0.15) is 15.9 Å². The van der Waals surface area contributed by atoms with Gasteiger partial charge in [-0.15, -0.1) is 0 Å². The maximum atomic E-state index is 12.5. The van der Waals surface area contributed by atoms with Crippen LogP contribution < -0.4 is 0 Å². The van der Waals surface area contributed by atoms with E-state index in [0.717, 1.165) is 12.1 Å². The second-order valence-corrected chi connectivity index (χ2v) is 5.37. The van der Waals surface area contributed by atoms with Gasteiger partial charge in [0.15, 0.2) is 0 Å². The van der Waals surface area contributed by atoms with Crippen molar-refractivity contribution in [3.63, 3.8) is 0 Å². The van der Waals surface area contributed by atoms with Gasteiger partial charge in [0.25, 0.3) is 10.1 Å². The lowest BCUT2D eigenvalue weighted by molar-refractivity contribution is -0.197. The number of esters is 1. The first-order valence-corrected chi connectivity index (χ1v) is 6.87. The third-order valence-electron chi connectivity index (χ3n) is 2.23. The van der Waals surface area contributed by atoms with Crippen molar-refractivity contribution in [3.8, 4) is 6.07 Å². The molecule has 1 aromatic carbocycles. The number of halogens is 3. The van der Waals surface area contributed by atoms with Crippen LogP contribution in [0, 0.1) is 11.3 Å². The Bertz CT molecular complexity index is 661. The Hall–Kier alpha value is -2.12. The average Bonchev–Trinajstić information content (AvgIpc) is 2.35. The van der Waals surface area contributed by atoms with E-state index in [1.807, 2.05) is 0 Å². The maximum Gasteiger partial charge on any atom is 0.426 e. The number of alkyl halides is 3. The van der Waals surface area contributed by atoms with Gasteiger partial charge in [0.05, 0.1) is 17.2 Å². The van der Waals surface area contributed by atoms with Crippen molar-refractivity contribution in [2.45, 2.75) is 12.3 Å². The summed E-state index contributed by atoms with van der Waals surface area (Å²) in [6.45, 7) is 0. The number of hydrogen-bond acceptors (Lipinski definition) is 5. The molecule has 114 valence electrons. The van der Waals surface area contributed by atoms with Crippen molar-refractivity contribution in [2.75, 3.05) is 5.75 Å². The van der Waals surface area contributed by atoms with E-state index in [2.05, 4.69) is 4.74 Å². The Morgan fingerprint density at radius 3 is 2.24 bits per heavy atom. The van der Waals surface area contributed by atoms with Crippen molar-refractivity contribution in [2.24, 2.45) is 0 Å². The van der Waals surface area contributed by atoms with E-state index in [0.29, 0.717) is 0 Å². The van der Waals surface area contributed by atoms with Gasteiger partial charge in [-0.05, 0) is 24.3 Å². The molecule has 0 spiro atoms. The quantitative estimate of drug-likeness (QED) is 0.665. The third-order valence-corrected chi connectivity index (χ3v) is 2.95. The Morgan fingerprint density at radius 1 is 1.33 bits per heavy atom. The fourth-order valence-electron chi connectivity index (χ4n) is 1.26. The summed E-state index contributed by atoms with van der Waals surface area (Å²) in [5.74, 6) is -3.22. The lowest BCUT2D eigenvalue weighted by Crippen LogP contribution is -2.39. The molecule has 0 aliphatic rings. The molecule has 1 N–H and O–H groups in total. The molecule has 0 aliphatic carbocycles. The molecule has 0 aliphatic heterocycles. The SMILES string of the molecule is N#Cc1ccc(C(=O)OC(CS(=O)(=O)O)C(F)(F)F)cc1. The van der Waals surface area contributed by atoms with Crippen LogP contribution in [0.15, 0.2) is 24.3 Å². The van der Waals surface area contributed by atoms with Crippen LogP contribution in [0.2, 0.25) is 0 Å². The molecule has 0 aromatic heterocycles. The number of carbonyl (C=O) groups is 1. The van der Waals surface area contributed by atoms with Crippen LogP contribution in [-0.4, -0.2) is 37.0 Å². The molecule has 1 atom stereocenters. The van der Waals surface area contributed by atoms with Gasteiger partial charge in [-0.2, -0.15) is 26.9 Å². The number of nitrogens with zero attached hydrogens (tertiary/aromatic N) is 1. The summed E-state index contributed by atoms with van der Waals surface area (Å²) in [6, 6.07) is 6.22. The fourth-order valence-corrected chi connectivity index (χ4v) is 1.90. The largest absolute Gasteiger partial charge is 0.448 e. The summed E-state index contributed by atoms with van der Waals surface area (Å²) in [7, 11) is -4.99. The van der Waals surface area contributed by atoms with Crippen molar-refractivity contribution in [1.82, 2.24) is 0 Å². The van der Waals surface area contributed by atoms with Crippen LogP contribution >= 0.6 is 0 Å². The average molecular weight is 323 g/mol. The highest BCUT2D eigenvalue weighted by molar-refractivity contribution is 7.85. The predicted molar refractivity (Wildman–Crippen MR) is 62.8 cm³/mol. The van der Waals surface area contributed by atoms with Crippen LogP contribution in [0.3, 0.4) is 0 Å². The summed E-state index contributed by atoms with van der Waals surface area (Å²) >= 11 is 0. The molecule has 1 aromatic rings. The summed E-state index contributed by atoms with van der Waals surface area (Å²) < 4.78 is 71.2. The highest BCUT2D eigenvalue weighted by atomic mass is 32.2. The molecule has 21 heavy (non-hydrogen) atoms. The van der Waals surface area contributed by atoms with Gasteiger partial charge in [-0.1, -0.05) is 0 Å². The highest BCUT2D eigenvalue weighted by Gasteiger charge is 2.45. The topological polar surface area (TPSA) is 104 Å². The van der Waals surface area contributed by atoms with Crippen LogP contribution in [-0.2, 0) is 14.9 Å². The molecule has 0 saturated heterocycles. The molecule has 10 heteroatoms. The van der Waals surface area contributed by atoms with Crippen molar-refractivity contribution >= 4 is 16.1 Å². The molecule has 0 radical (unpaired) electrons. The number of rotatable bonds is 4. The van der Waals surface area contributed by atoms with E-state index in [1.165, 1.54) is 12.1 Å². The minimum atomic E-state index is -5.15. The molecule has 0 heterocycles. The zero-order chi connectivity index (χ0) is 16.3. The van der Waals surface area contributed by atoms with Crippen molar-refractivity contribution < 1.29 is 35.7 Å². The lowest BCUT2D eigenvalue weighted by atomic mass is 10.1. The van der Waals surface area contributed by atoms with Crippen LogP contribution in [0.25, 0.3) is 0 Å². The zero-order valence-electron chi connectivity index (χ0n) is 10.2. The van der Waals surface area contributed by atoms with Gasteiger partial charge in [0, 0.05) is 0 Å². The summed E-state index contributed by atoms with van der Waals surface area (Å²) in [5, 5.41) is 8.54. The second-order valence-electron chi connectivity index (χ2n) is 3.87. The summed E-state index contributed by atoms with van der Waals surface area (Å²) in [6.07, 6.45) is -8.14. The number of nitriles is 1. The summed E-state index contributed by atoms with van der Waals surface area (Å²) in [5.41, 5.74) is -0.115. The minimum Gasteiger partial charge on any atom is -0.448 e. The van der Waals surface area contributed by atoms with Gasteiger partial charge in [-0.25, -0.2) is 4.79 Å². The fraction of sp³-hybridized carbons (Fsp3) is 0.273. The first kappa shape index (κ1) is 16.9. The Kier molecular flexibility index (Phi) is 4.93. The van der Waals surface area contributed by atoms with E-state index in [9.17, 15) is 26.4 Å². The molecular weight excluding hydrogens is 315 g/mol. The molecule has 0 saturated carbocycles. The van der Waals surface area contributed by atoms with E-state index in [-0.39, 0.29) is 11.1 Å². The Morgan fingerprint density at radius 2 is 1.86 bits per heavy atom. The summed E-state index contributed by atoms with van der Waals surface area (Å²) in [4.78, 5) is 11.5. The Labute approximate surface area is 117 Å². The molecule has 1 rings (SSSR count). The smallest absolute Gasteiger partial charge is 0.426 e. The maximum absolute atomic E-state index is 12.5. The first-order chi connectivity index (χ1) is 9.53. The molecular formula is C11H8F3NO5S. The van der Waals surface area contributed by atoms with E-state index >= 15 is 0 Å². The molecule has 1 unspecified atom stereocenters. The normalized spacial score (nSPS) is 13.3. The third kappa shape index (κ3) is 5.41. The van der Waals surface area contributed by atoms with Gasteiger partial charge >= 0.3 is 12.1 Å². The van der Waals surface area contributed by atoms with Crippen LogP contribution in [0.5, 0.6) is 0 Å². The molecule has 0 amide bonds. The van der Waals surface area contributed by atoms with E-state index < -0.39 is 34.1 Å². The monoisotopic (exact) mass is 323 g/mol. The van der Waals surface area contributed by atoms with Crippen LogP contribution in [0.4, 0.5) is 13.2 Å². The number of hydrogen-bond donors (Lipinski definition) is 1. The predicted octanol–water partition coefficient (Wildman–Crippen LogP) is 1.53. The van der Waals surface area contributed by atoms with Gasteiger partial charge in [0.1, 0.15) is 5.75 Å². The van der Waals surface area contributed by atoms with E-state index in [1.54, 1.807) is 6.07 Å². The molecule has 6 nitrogen and oxygen atoms in total. The second kappa shape index (κ2) is 6.11. The number of carbonyl (C=O) groups excluding carboxylic acids is 1. The van der Waals surface area contributed by atoms with Gasteiger partial charge in [0.2, 0.25) is 6.10 Å². The van der Waals surface area contributed by atoms with Crippen molar-refractivity contribution in [3.05, 3.63) is 35.4 Å². The Balaban J connectivity index is 2.92. The molecule has 0 bridgehead atoms. The van der Waals surface area contributed by atoms with Gasteiger partial charge < -0.3 is 4.74 Å². The molecule has 0 fully saturated rings. The standard InChI is InChI=1S/C11H8F3NO5S/c12-11(13,14)9(6-21(17,18)19)20-10(16)8-3-1-7(5-15)2-4-8/h1-4,9H,6H2,(H,17,18,19). The van der Waals surface area contributed by atoms with E-state index in [4.69, 9.17) is 9.81 Å².